The molecule has 0 heterocycles. The minimum absolute atomic E-state index is 0.531. The lowest BCUT2D eigenvalue weighted by atomic mass is 10.1. The lowest BCUT2D eigenvalue weighted by Crippen LogP contribution is -2.13. The van der Waals surface area contributed by atoms with Crippen LogP contribution >= 0.6 is 27.5 Å². The number of ether oxygens (including phenoxy) is 1. The van der Waals surface area contributed by atoms with E-state index in [1.165, 1.54) is 5.56 Å². The van der Waals surface area contributed by atoms with Gasteiger partial charge in [-0.25, -0.2) is 0 Å². The van der Waals surface area contributed by atoms with Gasteiger partial charge in [0.2, 0.25) is 0 Å². The molecule has 4 heteroatoms. The SMILES string of the molecule is CN(C)CCCc1cc(Br)ccc1OCc1cccc(Cl)c1. The molecule has 22 heavy (non-hydrogen) atoms. The molecule has 2 aromatic carbocycles. The molecule has 0 aromatic heterocycles. The summed E-state index contributed by atoms with van der Waals surface area (Å²) in [7, 11) is 4.19. The minimum Gasteiger partial charge on any atom is -0.489 e. The predicted octanol–water partition coefficient (Wildman–Crippen LogP) is 5.18. The van der Waals surface area contributed by atoms with E-state index in [4.69, 9.17) is 16.3 Å². The van der Waals surface area contributed by atoms with E-state index in [0.29, 0.717) is 6.61 Å². The Morgan fingerprint density at radius 2 is 1.95 bits per heavy atom. The van der Waals surface area contributed by atoms with Crippen molar-refractivity contribution in [3.8, 4) is 5.75 Å². The third kappa shape index (κ3) is 5.64. The summed E-state index contributed by atoms with van der Waals surface area (Å²) >= 11 is 9.55. The van der Waals surface area contributed by atoms with E-state index in [2.05, 4.69) is 41.0 Å². The molecular weight excluding hydrogens is 362 g/mol. The maximum absolute atomic E-state index is 6.01. The van der Waals surface area contributed by atoms with Crippen molar-refractivity contribution in [1.29, 1.82) is 0 Å². The van der Waals surface area contributed by atoms with Crippen molar-refractivity contribution >= 4 is 27.5 Å². The van der Waals surface area contributed by atoms with Gasteiger partial charge in [-0.05, 0) is 74.9 Å². The van der Waals surface area contributed by atoms with Gasteiger partial charge in [-0.2, -0.15) is 0 Å². The summed E-state index contributed by atoms with van der Waals surface area (Å²) in [4.78, 5) is 2.20. The summed E-state index contributed by atoms with van der Waals surface area (Å²) in [6, 6.07) is 14.0. The van der Waals surface area contributed by atoms with Gasteiger partial charge in [0.25, 0.3) is 0 Å². The van der Waals surface area contributed by atoms with Crippen molar-refractivity contribution in [2.75, 3.05) is 20.6 Å². The van der Waals surface area contributed by atoms with Crippen LogP contribution in [0.5, 0.6) is 5.75 Å². The largest absolute Gasteiger partial charge is 0.489 e. The second-order valence-electron chi connectivity index (χ2n) is 5.58. The van der Waals surface area contributed by atoms with Crippen molar-refractivity contribution in [2.45, 2.75) is 19.4 Å². The van der Waals surface area contributed by atoms with Crippen LogP contribution in [0, 0.1) is 0 Å². The highest BCUT2D eigenvalue weighted by molar-refractivity contribution is 9.10. The number of nitrogens with zero attached hydrogens (tertiary/aromatic N) is 1. The molecule has 0 N–H and O–H groups in total. The number of hydrogen-bond acceptors (Lipinski definition) is 2. The zero-order valence-electron chi connectivity index (χ0n) is 13.0. The molecule has 2 rings (SSSR count). The molecule has 0 saturated heterocycles. The number of rotatable bonds is 7. The fourth-order valence-electron chi connectivity index (χ4n) is 2.26. The standard InChI is InChI=1S/C18H21BrClNO/c1-21(2)10-4-6-15-12-16(19)8-9-18(15)22-13-14-5-3-7-17(20)11-14/h3,5,7-9,11-12H,4,6,10,13H2,1-2H3. The van der Waals surface area contributed by atoms with E-state index >= 15 is 0 Å². The molecule has 0 aliphatic heterocycles. The van der Waals surface area contributed by atoms with Gasteiger partial charge in [-0.3, -0.25) is 0 Å². The highest BCUT2D eigenvalue weighted by Gasteiger charge is 2.06. The second-order valence-corrected chi connectivity index (χ2v) is 6.93. The Bertz CT molecular complexity index is 616. The summed E-state index contributed by atoms with van der Waals surface area (Å²) in [6.07, 6.45) is 2.11. The predicted molar refractivity (Wildman–Crippen MR) is 96.8 cm³/mol. The first kappa shape index (κ1) is 17.3. The molecule has 0 spiro atoms. The fourth-order valence-corrected chi connectivity index (χ4v) is 2.88. The van der Waals surface area contributed by atoms with Crippen LogP contribution in [0.15, 0.2) is 46.9 Å². The number of halogens is 2. The van der Waals surface area contributed by atoms with Crippen LogP contribution in [0.25, 0.3) is 0 Å². The quantitative estimate of drug-likeness (QED) is 0.654. The molecule has 0 aliphatic carbocycles. The highest BCUT2D eigenvalue weighted by Crippen LogP contribution is 2.25. The second kappa shape index (κ2) is 8.56. The molecule has 0 saturated carbocycles. The van der Waals surface area contributed by atoms with Gasteiger partial charge in [0.05, 0.1) is 0 Å². The van der Waals surface area contributed by atoms with E-state index in [0.717, 1.165) is 40.2 Å². The first-order valence-electron chi connectivity index (χ1n) is 7.35. The zero-order valence-corrected chi connectivity index (χ0v) is 15.3. The Balaban J connectivity index is 2.03. The monoisotopic (exact) mass is 381 g/mol. The summed E-state index contributed by atoms with van der Waals surface area (Å²) in [5, 5.41) is 0.739. The molecule has 0 aliphatic rings. The number of benzene rings is 2. The summed E-state index contributed by atoms with van der Waals surface area (Å²) in [5.74, 6) is 0.946. The van der Waals surface area contributed by atoms with Gasteiger partial charge in [0.1, 0.15) is 12.4 Å². The van der Waals surface area contributed by atoms with Crippen molar-refractivity contribution < 1.29 is 4.74 Å². The van der Waals surface area contributed by atoms with Crippen LogP contribution in [-0.2, 0) is 13.0 Å². The van der Waals surface area contributed by atoms with Crippen molar-refractivity contribution in [2.24, 2.45) is 0 Å². The smallest absolute Gasteiger partial charge is 0.123 e. The van der Waals surface area contributed by atoms with Crippen LogP contribution in [0.4, 0.5) is 0 Å². The van der Waals surface area contributed by atoms with Gasteiger partial charge < -0.3 is 9.64 Å². The molecule has 0 unspecified atom stereocenters. The molecule has 0 atom stereocenters. The van der Waals surface area contributed by atoms with Crippen LogP contribution in [0.1, 0.15) is 17.5 Å². The van der Waals surface area contributed by atoms with E-state index < -0.39 is 0 Å². The van der Waals surface area contributed by atoms with Crippen molar-refractivity contribution in [3.05, 3.63) is 63.1 Å². The average Bonchev–Trinajstić information content (AvgIpc) is 2.46. The summed E-state index contributed by atoms with van der Waals surface area (Å²) in [5.41, 5.74) is 2.31. The topological polar surface area (TPSA) is 12.5 Å². The Morgan fingerprint density at radius 3 is 2.68 bits per heavy atom. The van der Waals surface area contributed by atoms with Crippen LogP contribution in [-0.4, -0.2) is 25.5 Å². The normalized spacial score (nSPS) is 11.0. The van der Waals surface area contributed by atoms with Gasteiger partial charge in [0, 0.05) is 9.50 Å². The summed E-state index contributed by atoms with van der Waals surface area (Å²) < 4.78 is 7.08. The summed E-state index contributed by atoms with van der Waals surface area (Å²) in [6.45, 7) is 1.60. The number of aryl methyl sites for hydroxylation is 1. The third-order valence-electron chi connectivity index (χ3n) is 3.36. The first-order chi connectivity index (χ1) is 10.5. The van der Waals surface area contributed by atoms with Crippen molar-refractivity contribution in [3.63, 3.8) is 0 Å². The Labute approximate surface area is 146 Å². The van der Waals surface area contributed by atoms with Gasteiger partial charge in [-0.1, -0.05) is 39.7 Å². The molecule has 118 valence electrons. The minimum atomic E-state index is 0.531. The molecule has 0 bridgehead atoms. The molecule has 0 amide bonds. The lowest BCUT2D eigenvalue weighted by molar-refractivity contribution is 0.302. The highest BCUT2D eigenvalue weighted by atomic mass is 79.9. The fraction of sp³-hybridized carbons (Fsp3) is 0.333. The zero-order chi connectivity index (χ0) is 15.9. The average molecular weight is 383 g/mol. The first-order valence-corrected chi connectivity index (χ1v) is 8.52. The maximum atomic E-state index is 6.01. The maximum Gasteiger partial charge on any atom is 0.123 e. The van der Waals surface area contributed by atoms with E-state index in [1.54, 1.807) is 0 Å². The van der Waals surface area contributed by atoms with Gasteiger partial charge in [-0.15, -0.1) is 0 Å². The molecular formula is C18H21BrClNO. The Morgan fingerprint density at radius 1 is 1.14 bits per heavy atom. The Hall–Kier alpha value is -1.03. The van der Waals surface area contributed by atoms with Crippen LogP contribution in [0.2, 0.25) is 5.02 Å². The van der Waals surface area contributed by atoms with Crippen LogP contribution in [0.3, 0.4) is 0 Å². The van der Waals surface area contributed by atoms with Crippen molar-refractivity contribution in [1.82, 2.24) is 4.90 Å². The molecule has 2 nitrogen and oxygen atoms in total. The van der Waals surface area contributed by atoms with E-state index in [1.807, 2.05) is 36.4 Å². The third-order valence-corrected chi connectivity index (χ3v) is 4.09. The van der Waals surface area contributed by atoms with E-state index in [-0.39, 0.29) is 0 Å². The molecule has 0 radical (unpaired) electrons. The van der Waals surface area contributed by atoms with Crippen LogP contribution < -0.4 is 4.74 Å². The molecule has 0 fully saturated rings. The van der Waals surface area contributed by atoms with Gasteiger partial charge >= 0.3 is 0 Å². The van der Waals surface area contributed by atoms with E-state index in [9.17, 15) is 0 Å². The lowest BCUT2D eigenvalue weighted by Gasteiger charge is -2.14. The Kier molecular flexibility index (Phi) is 6.74. The number of hydrogen-bond donors (Lipinski definition) is 0. The van der Waals surface area contributed by atoms with Gasteiger partial charge in [0.15, 0.2) is 0 Å². The molecule has 2 aromatic rings.